The topological polar surface area (TPSA) is 29.1 Å². The summed E-state index contributed by atoms with van der Waals surface area (Å²) < 4.78 is 13.3. The first-order valence-corrected chi connectivity index (χ1v) is 7.00. The molecule has 0 saturated heterocycles. The van der Waals surface area contributed by atoms with Gasteiger partial charge in [-0.15, -0.1) is 11.6 Å². The van der Waals surface area contributed by atoms with Gasteiger partial charge in [0.15, 0.2) is 0 Å². The van der Waals surface area contributed by atoms with Crippen LogP contribution in [-0.4, -0.2) is 17.8 Å². The number of nitrogens with one attached hydrogen (secondary N) is 1. The highest BCUT2D eigenvalue weighted by Crippen LogP contribution is 2.17. The molecule has 1 rings (SSSR count). The van der Waals surface area contributed by atoms with Gasteiger partial charge >= 0.3 is 0 Å². The van der Waals surface area contributed by atoms with Gasteiger partial charge in [0.1, 0.15) is 5.82 Å². The van der Waals surface area contributed by atoms with E-state index in [2.05, 4.69) is 35.1 Å². The van der Waals surface area contributed by atoms with E-state index in [0.29, 0.717) is 18.0 Å². The molecule has 1 amide bonds. The molecule has 0 saturated carbocycles. The zero-order chi connectivity index (χ0) is 13.7. The molecule has 0 radical (unpaired) electrons. The first-order chi connectivity index (χ1) is 8.40. The monoisotopic (exact) mass is 335 g/mol. The Balaban J connectivity index is 2.52. The van der Waals surface area contributed by atoms with Gasteiger partial charge in [0.2, 0.25) is 0 Å². The van der Waals surface area contributed by atoms with Gasteiger partial charge in [0, 0.05) is 12.1 Å². The van der Waals surface area contributed by atoms with Crippen LogP contribution in [0.25, 0.3) is 0 Å². The molecule has 1 atom stereocenters. The first kappa shape index (κ1) is 15.4. The van der Waals surface area contributed by atoms with Crippen molar-refractivity contribution in [1.82, 2.24) is 5.32 Å². The summed E-state index contributed by atoms with van der Waals surface area (Å²) in [6.45, 7) is 4.57. The number of hydrogen-bond acceptors (Lipinski definition) is 1. The molecule has 0 aliphatic carbocycles. The summed E-state index contributed by atoms with van der Waals surface area (Å²) in [4.78, 5) is 11.8. The van der Waals surface area contributed by atoms with Gasteiger partial charge in [-0.2, -0.15) is 0 Å². The first-order valence-electron chi connectivity index (χ1n) is 5.77. The van der Waals surface area contributed by atoms with Crippen LogP contribution in [0.15, 0.2) is 22.7 Å². The second-order valence-corrected chi connectivity index (χ2v) is 6.04. The lowest BCUT2D eigenvalue weighted by molar-refractivity contribution is 0.0952. The summed E-state index contributed by atoms with van der Waals surface area (Å²) in [6.07, 6.45) is 0.842. The van der Waals surface area contributed by atoms with Gasteiger partial charge in [0.05, 0.1) is 9.85 Å². The number of hydrogen-bond donors (Lipinski definition) is 1. The number of carbonyl (C=O) groups is 1. The molecule has 1 N–H and O–H groups in total. The molecule has 0 bridgehead atoms. The van der Waals surface area contributed by atoms with Crippen molar-refractivity contribution in [2.24, 2.45) is 5.92 Å². The van der Waals surface area contributed by atoms with Crippen molar-refractivity contribution in [3.8, 4) is 0 Å². The van der Waals surface area contributed by atoms with Gasteiger partial charge in [-0.05, 0) is 46.5 Å². The van der Waals surface area contributed by atoms with E-state index in [1.807, 2.05) is 0 Å². The Bertz CT molecular complexity index is 425. The number of rotatable bonds is 5. The van der Waals surface area contributed by atoms with Crippen molar-refractivity contribution >= 4 is 33.4 Å². The summed E-state index contributed by atoms with van der Waals surface area (Å²) in [6, 6.07) is 4.16. The maximum absolute atomic E-state index is 13.0. The fourth-order valence-electron chi connectivity index (χ4n) is 1.54. The Morgan fingerprint density at radius 1 is 1.50 bits per heavy atom. The average Bonchev–Trinajstić information content (AvgIpc) is 2.28. The number of alkyl halides is 1. The summed E-state index contributed by atoms with van der Waals surface area (Å²) in [7, 11) is 0. The maximum Gasteiger partial charge on any atom is 0.251 e. The SMILES string of the molecule is CC(C)CC(Cl)CNC(=O)c1ccc(F)c(Br)c1. The Kier molecular flexibility index (Phi) is 6.09. The molecule has 18 heavy (non-hydrogen) atoms. The molecular weight excluding hydrogens is 321 g/mol. The van der Waals surface area contributed by atoms with E-state index in [0.717, 1.165) is 6.42 Å². The molecule has 0 spiro atoms. The molecule has 0 heterocycles. The van der Waals surface area contributed by atoms with Crippen LogP contribution < -0.4 is 5.32 Å². The molecule has 2 nitrogen and oxygen atoms in total. The van der Waals surface area contributed by atoms with Crippen molar-refractivity contribution in [2.45, 2.75) is 25.6 Å². The maximum atomic E-state index is 13.0. The van der Waals surface area contributed by atoms with Gasteiger partial charge in [-0.25, -0.2) is 4.39 Å². The van der Waals surface area contributed by atoms with Crippen molar-refractivity contribution in [2.75, 3.05) is 6.54 Å². The quantitative estimate of drug-likeness (QED) is 0.810. The average molecular weight is 337 g/mol. The Labute approximate surface area is 120 Å². The Morgan fingerprint density at radius 2 is 2.17 bits per heavy atom. The van der Waals surface area contributed by atoms with E-state index >= 15 is 0 Å². The molecule has 0 aliphatic rings. The van der Waals surface area contributed by atoms with Crippen LogP contribution in [-0.2, 0) is 0 Å². The van der Waals surface area contributed by atoms with Crippen LogP contribution >= 0.6 is 27.5 Å². The van der Waals surface area contributed by atoms with Crippen LogP contribution in [0, 0.1) is 11.7 Å². The second-order valence-electron chi connectivity index (χ2n) is 4.57. The molecular formula is C13H16BrClFNO. The third-order valence-corrected chi connectivity index (χ3v) is 3.33. The molecule has 0 fully saturated rings. The van der Waals surface area contributed by atoms with Gasteiger partial charge < -0.3 is 5.32 Å². The predicted octanol–water partition coefficient (Wildman–Crippen LogP) is 3.97. The minimum atomic E-state index is -0.387. The fourth-order valence-corrected chi connectivity index (χ4v) is 2.35. The third kappa shape index (κ3) is 4.94. The Morgan fingerprint density at radius 3 is 2.72 bits per heavy atom. The normalized spacial score (nSPS) is 12.6. The Hall–Kier alpha value is -0.610. The number of amides is 1. The van der Waals surface area contributed by atoms with Crippen molar-refractivity contribution in [3.05, 3.63) is 34.1 Å². The molecule has 0 aromatic heterocycles. The van der Waals surface area contributed by atoms with E-state index in [1.54, 1.807) is 0 Å². The molecule has 100 valence electrons. The van der Waals surface area contributed by atoms with E-state index in [1.165, 1.54) is 18.2 Å². The zero-order valence-electron chi connectivity index (χ0n) is 10.3. The summed E-state index contributed by atoms with van der Waals surface area (Å²) in [5.41, 5.74) is 0.414. The van der Waals surface area contributed by atoms with Crippen molar-refractivity contribution < 1.29 is 9.18 Å². The largest absolute Gasteiger partial charge is 0.351 e. The van der Waals surface area contributed by atoms with E-state index in [9.17, 15) is 9.18 Å². The molecule has 1 unspecified atom stereocenters. The molecule has 1 aromatic carbocycles. The lowest BCUT2D eigenvalue weighted by atomic mass is 10.1. The highest BCUT2D eigenvalue weighted by Gasteiger charge is 2.11. The number of benzene rings is 1. The summed E-state index contributed by atoms with van der Waals surface area (Å²) >= 11 is 9.13. The smallest absolute Gasteiger partial charge is 0.251 e. The highest BCUT2D eigenvalue weighted by atomic mass is 79.9. The van der Waals surface area contributed by atoms with E-state index in [-0.39, 0.29) is 21.6 Å². The lowest BCUT2D eigenvalue weighted by Crippen LogP contribution is -2.30. The highest BCUT2D eigenvalue weighted by molar-refractivity contribution is 9.10. The summed E-state index contributed by atoms with van der Waals surface area (Å²) in [5, 5.41) is 2.65. The number of halogens is 3. The van der Waals surface area contributed by atoms with Crippen LogP contribution in [0.2, 0.25) is 0 Å². The predicted molar refractivity (Wildman–Crippen MR) is 75.5 cm³/mol. The standard InChI is InChI=1S/C13H16BrClFNO/c1-8(2)5-10(15)7-17-13(18)9-3-4-12(16)11(14)6-9/h3-4,6,8,10H,5,7H2,1-2H3,(H,17,18). The third-order valence-electron chi connectivity index (χ3n) is 2.39. The van der Waals surface area contributed by atoms with E-state index in [4.69, 9.17) is 11.6 Å². The minimum absolute atomic E-state index is 0.0853. The lowest BCUT2D eigenvalue weighted by Gasteiger charge is -2.13. The summed E-state index contributed by atoms with van der Waals surface area (Å²) in [5.74, 6) is -0.143. The van der Waals surface area contributed by atoms with Crippen LogP contribution in [0.3, 0.4) is 0 Å². The van der Waals surface area contributed by atoms with Gasteiger partial charge in [0.25, 0.3) is 5.91 Å². The molecule has 0 aliphatic heterocycles. The molecule has 1 aromatic rings. The van der Waals surface area contributed by atoms with Gasteiger partial charge in [-0.3, -0.25) is 4.79 Å². The van der Waals surface area contributed by atoms with Crippen LogP contribution in [0.4, 0.5) is 4.39 Å². The van der Waals surface area contributed by atoms with Gasteiger partial charge in [-0.1, -0.05) is 13.8 Å². The van der Waals surface area contributed by atoms with Crippen LogP contribution in [0.5, 0.6) is 0 Å². The molecule has 5 heteroatoms. The minimum Gasteiger partial charge on any atom is -0.351 e. The van der Waals surface area contributed by atoms with Crippen molar-refractivity contribution in [3.63, 3.8) is 0 Å². The van der Waals surface area contributed by atoms with Crippen molar-refractivity contribution in [1.29, 1.82) is 0 Å². The second kappa shape index (κ2) is 7.10. The van der Waals surface area contributed by atoms with E-state index < -0.39 is 0 Å². The zero-order valence-corrected chi connectivity index (χ0v) is 12.7. The number of carbonyl (C=O) groups excluding carboxylic acids is 1. The van der Waals surface area contributed by atoms with Crippen LogP contribution in [0.1, 0.15) is 30.6 Å². The fraction of sp³-hybridized carbons (Fsp3) is 0.462.